The van der Waals surface area contributed by atoms with Crippen LogP contribution in [0.5, 0.6) is 0 Å². The summed E-state index contributed by atoms with van der Waals surface area (Å²) in [5.74, 6) is -0.236. The molecule has 2 aliphatic heterocycles. The number of fused-ring (bicyclic) bond motifs is 2. The molecule has 0 radical (unpaired) electrons. The van der Waals surface area contributed by atoms with Crippen LogP contribution in [0.25, 0.3) is 10.8 Å². The summed E-state index contributed by atoms with van der Waals surface area (Å²) in [5, 5.41) is 12.8. The molecule has 2 aromatic rings. The first-order valence-electron chi connectivity index (χ1n) is 11.2. The van der Waals surface area contributed by atoms with Crippen molar-refractivity contribution in [3.63, 3.8) is 0 Å². The summed E-state index contributed by atoms with van der Waals surface area (Å²) >= 11 is 0. The zero-order valence-electron chi connectivity index (χ0n) is 17.0. The molecule has 2 heterocycles. The van der Waals surface area contributed by atoms with Gasteiger partial charge in [0.2, 0.25) is 0 Å². The fourth-order valence-corrected chi connectivity index (χ4v) is 5.67. The van der Waals surface area contributed by atoms with E-state index in [1.807, 2.05) is 0 Å². The van der Waals surface area contributed by atoms with Crippen molar-refractivity contribution in [1.29, 1.82) is 0 Å². The Morgan fingerprint density at radius 3 is 2.03 bits per heavy atom. The van der Waals surface area contributed by atoms with Crippen LogP contribution in [0.15, 0.2) is 18.2 Å². The van der Waals surface area contributed by atoms with Gasteiger partial charge in [0, 0.05) is 26.4 Å². The van der Waals surface area contributed by atoms with E-state index in [4.69, 9.17) is 9.47 Å². The van der Waals surface area contributed by atoms with E-state index in [0.29, 0.717) is 5.56 Å². The first-order valence-corrected chi connectivity index (χ1v) is 11.2. The molecule has 4 nitrogen and oxygen atoms in total. The highest BCUT2D eigenvalue weighted by atomic mass is 16.5. The molecule has 2 aromatic carbocycles. The van der Waals surface area contributed by atoms with Gasteiger partial charge < -0.3 is 14.6 Å². The Balaban J connectivity index is 1.76. The van der Waals surface area contributed by atoms with Gasteiger partial charge in [-0.1, -0.05) is 12.1 Å². The number of ether oxygens (including phenoxy) is 2. The highest BCUT2D eigenvalue weighted by molar-refractivity contribution is 6.01. The smallest absolute Gasteiger partial charge is 0.336 e. The van der Waals surface area contributed by atoms with Gasteiger partial charge in [0.05, 0.1) is 5.56 Å². The second-order valence-corrected chi connectivity index (χ2v) is 8.88. The number of benzene rings is 2. The van der Waals surface area contributed by atoms with E-state index in [2.05, 4.69) is 18.2 Å². The molecule has 0 atom stereocenters. The number of hydrogen-bond donors (Lipinski definition) is 1. The van der Waals surface area contributed by atoms with Crippen molar-refractivity contribution in [3.05, 3.63) is 46.0 Å². The minimum absolute atomic E-state index is 0.263. The van der Waals surface area contributed by atoms with Crippen LogP contribution in [0.1, 0.15) is 83.0 Å². The van der Waals surface area contributed by atoms with Gasteiger partial charge >= 0.3 is 5.97 Å². The van der Waals surface area contributed by atoms with Gasteiger partial charge in [0.15, 0.2) is 0 Å². The monoisotopic (exact) mass is 394 g/mol. The summed E-state index contributed by atoms with van der Waals surface area (Å²) < 4.78 is 11.2. The highest BCUT2D eigenvalue weighted by Crippen LogP contribution is 2.42. The predicted molar refractivity (Wildman–Crippen MR) is 113 cm³/mol. The molecule has 3 aliphatic rings. The number of carbonyl (C=O) groups is 1. The fraction of sp³-hybridized carbons (Fsp3) is 0.560. The van der Waals surface area contributed by atoms with Crippen LogP contribution in [-0.4, -0.2) is 37.5 Å². The van der Waals surface area contributed by atoms with Gasteiger partial charge in [-0.05, 0) is 102 Å². The highest BCUT2D eigenvalue weighted by Gasteiger charge is 2.30. The number of rotatable bonds is 3. The molecule has 0 spiro atoms. The molecule has 2 saturated heterocycles. The van der Waals surface area contributed by atoms with Crippen molar-refractivity contribution in [3.8, 4) is 0 Å². The van der Waals surface area contributed by atoms with Crippen LogP contribution >= 0.6 is 0 Å². The summed E-state index contributed by atoms with van der Waals surface area (Å²) in [7, 11) is 0. The first-order chi connectivity index (χ1) is 14.2. The van der Waals surface area contributed by atoms with E-state index in [1.54, 1.807) is 0 Å². The zero-order chi connectivity index (χ0) is 19.8. The summed E-state index contributed by atoms with van der Waals surface area (Å²) in [6.07, 6.45) is 8.37. The van der Waals surface area contributed by atoms with Crippen molar-refractivity contribution < 1.29 is 19.4 Å². The maximum absolute atomic E-state index is 12.6. The van der Waals surface area contributed by atoms with E-state index in [9.17, 15) is 9.90 Å². The molecule has 154 valence electrons. The molecule has 1 aliphatic carbocycles. The predicted octanol–water partition coefficient (Wildman–Crippen LogP) is 5.20. The molecular weight excluding hydrogens is 364 g/mol. The molecule has 29 heavy (non-hydrogen) atoms. The third-order valence-electron chi connectivity index (χ3n) is 7.18. The van der Waals surface area contributed by atoms with Gasteiger partial charge in [0.1, 0.15) is 0 Å². The second-order valence-electron chi connectivity index (χ2n) is 8.88. The van der Waals surface area contributed by atoms with Crippen molar-refractivity contribution in [2.75, 3.05) is 26.4 Å². The largest absolute Gasteiger partial charge is 0.478 e. The Kier molecular flexibility index (Phi) is 5.31. The zero-order valence-corrected chi connectivity index (χ0v) is 17.0. The van der Waals surface area contributed by atoms with Gasteiger partial charge in [0.25, 0.3) is 0 Å². The fourth-order valence-electron chi connectivity index (χ4n) is 5.67. The van der Waals surface area contributed by atoms with Crippen molar-refractivity contribution >= 4 is 16.7 Å². The van der Waals surface area contributed by atoms with Crippen LogP contribution in [0.4, 0.5) is 0 Å². The maximum atomic E-state index is 12.6. The molecule has 0 bridgehead atoms. The second kappa shape index (κ2) is 8.08. The summed E-state index contributed by atoms with van der Waals surface area (Å²) in [4.78, 5) is 12.6. The molecule has 2 fully saturated rings. The van der Waals surface area contributed by atoms with Gasteiger partial charge in [-0.25, -0.2) is 4.79 Å². The third-order valence-corrected chi connectivity index (χ3v) is 7.18. The van der Waals surface area contributed by atoms with E-state index < -0.39 is 5.97 Å². The quantitative estimate of drug-likeness (QED) is 0.777. The minimum Gasteiger partial charge on any atom is -0.478 e. The van der Waals surface area contributed by atoms with Gasteiger partial charge in [-0.3, -0.25) is 0 Å². The first kappa shape index (κ1) is 19.1. The molecule has 0 saturated carbocycles. The van der Waals surface area contributed by atoms with Crippen molar-refractivity contribution in [2.45, 2.75) is 63.2 Å². The van der Waals surface area contributed by atoms with Crippen LogP contribution in [-0.2, 0) is 22.3 Å². The lowest BCUT2D eigenvalue weighted by Crippen LogP contribution is -2.22. The van der Waals surface area contributed by atoms with Gasteiger partial charge in [-0.2, -0.15) is 0 Å². The Morgan fingerprint density at radius 2 is 1.41 bits per heavy atom. The Bertz CT molecular complexity index is 920. The minimum atomic E-state index is -0.771. The van der Waals surface area contributed by atoms with E-state index in [-0.39, 0.29) is 11.8 Å². The van der Waals surface area contributed by atoms with Crippen molar-refractivity contribution in [1.82, 2.24) is 0 Å². The van der Waals surface area contributed by atoms with E-state index in [0.717, 1.165) is 76.1 Å². The molecule has 0 unspecified atom stereocenters. The molecule has 4 heteroatoms. The Hall–Kier alpha value is -1.91. The molecule has 0 aromatic heterocycles. The number of hydrogen-bond acceptors (Lipinski definition) is 3. The average Bonchev–Trinajstić information content (AvgIpc) is 2.77. The van der Waals surface area contributed by atoms with Crippen LogP contribution < -0.4 is 0 Å². The topological polar surface area (TPSA) is 55.8 Å². The Morgan fingerprint density at radius 1 is 0.828 bits per heavy atom. The average molecular weight is 395 g/mol. The molecule has 0 amide bonds. The third kappa shape index (κ3) is 3.57. The lowest BCUT2D eigenvalue weighted by atomic mass is 9.77. The number of aromatic carboxylic acids is 1. The normalized spacial score (nSPS) is 21.2. The maximum Gasteiger partial charge on any atom is 0.336 e. The summed E-state index contributed by atoms with van der Waals surface area (Å²) in [6, 6.07) is 6.89. The summed E-state index contributed by atoms with van der Waals surface area (Å²) in [6.45, 7) is 2.88. The van der Waals surface area contributed by atoms with Crippen LogP contribution in [0, 0.1) is 0 Å². The Labute approximate surface area is 172 Å². The summed E-state index contributed by atoms with van der Waals surface area (Å²) in [5.41, 5.74) is 5.57. The molecule has 1 N–H and O–H groups in total. The number of aryl methyl sites for hydroxylation is 2. The standard InChI is InChI=1S/C25H30O4/c26-25(27)24-21(16-5-9-28-10-6-16)15-20-13-18-3-1-2-4-19(18)14-22(20)23(24)17-7-11-29-12-8-17/h13-17H,1-12H2,(H,26,27). The SMILES string of the molecule is O=C(O)c1c(C2CCOCC2)cc2cc3c(cc2c1C1CCOCC1)CCCC3. The number of carboxylic acids is 1. The lowest BCUT2D eigenvalue weighted by Gasteiger charge is -2.30. The number of carboxylic acid groups (broad SMARTS) is 1. The molecular formula is C25H30O4. The van der Waals surface area contributed by atoms with Crippen molar-refractivity contribution in [2.24, 2.45) is 0 Å². The van der Waals surface area contributed by atoms with E-state index in [1.165, 1.54) is 34.7 Å². The van der Waals surface area contributed by atoms with E-state index >= 15 is 0 Å². The van der Waals surface area contributed by atoms with Gasteiger partial charge in [-0.15, -0.1) is 0 Å². The lowest BCUT2D eigenvalue weighted by molar-refractivity contribution is 0.0674. The van der Waals surface area contributed by atoms with Crippen LogP contribution in [0.2, 0.25) is 0 Å². The molecule has 5 rings (SSSR count). The van der Waals surface area contributed by atoms with Crippen LogP contribution in [0.3, 0.4) is 0 Å².